The van der Waals surface area contributed by atoms with Crippen molar-refractivity contribution in [2.75, 3.05) is 5.32 Å². The minimum atomic E-state index is -0.684. The molecule has 0 atom stereocenters. The quantitative estimate of drug-likeness (QED) is 0.865. The molecule has 2 aromatic carbocycles. The minimum Gasteiger partial charge on any atom is -0.324 e. The molecule has 0 bridgehead atoms. The van der Waals surface area contributed by atoms with Gasteiger partial charge >= 0.3 is 0 Å². The summed E-state index contributed by atoms with van der Waals surface area (Å²) in [5, 5.41) is 5.18. The van der Waals surface area contributed by atoms with E-state index in [0.29, 0.717) is 0 Å². The van der Waals surface area contributed by atoms with E-state index in [1.807, 2.05) is 42.5 Å². The van der Waals surface area contributed by atoms with Crippen molar-refractivity contribution in [3.8, 4) is 0 Å². The normalized spacial score (nSPS) is 17.5. The number of nitrogens with one attached hydrogen (secondary N) is 1. The second-order valence-electron chi connectivity index (χ2n) is 5.34. The van der Waals surface area contributed by atoms with Gasteiger partial charge < -0.3 is 11.1 Å². The average Bonchev–Trinajstić information content (AvgIpc) is 2.87. The predicted molar refractivity (Wildman–Crippen MR) is 78.0 cm³/mol. The molecule has 3 rings (SSSR count). The van der Waals surface area contributed by atoms with Crippen LogP contribution >= 0.6 is 0 Å². The number of fused-ring (bicyclic) bond motifs is 1. The molecule has 0 heterocycles. The summed E-state index contributed by atoms with van der Waals surface area (Å²) in [6, 6.07) is 14.0. The number of carbonyl (C=O) groups excluding carboxylic acids is 1. The Kier molecular flexibility index (Phi) is 2.99. The van der Waals surface area contributed by atoms with Gasteiger partial charge in [0.05, 0.1) is 5.54 Å². The zero-order valence-electron chi connectivity index (χ0n) is 10.9. The van der Waals surface area contributed by atoms with Crippen LogP contribution in [0, 0.1) is 0 Å². The summed E-state index contributed by atoms with van der Waals surface area (Å²) in [6.45, 7) is 0. The van der Waals surface area contributed by atoms with Gasteiger partial charge in [0.1, 0.15) is 0 Å². The summed E-state index contributed by atoms with van der Waals surface area (Å²) in [5.41, 5.74) is 6.35. The van der Waals surface area contributed by atoms with Gasteiger partial charge in [0, 0.05) is 11.1 Å². The van der Waals surface area contributed by atoms with E-state index in [2.05, 4.69) is 5.32 Å². The number of carbonyl (C=O) groups is 1. The third-order valence-electron chi connectivity index (χ3n) is 3.99. The van der Waals surface area contributed by atoms with Crippen molar-refractivity contribution in [3.05, 3.63) is 42.5 Å². The van der Waals surface area contributed by atoms with E-state index in [-0.39, 0.29) is 5.91 Å². The lowest BCUT2D eigenvalue weighted by Gasteiger charge is -2.22. The molecule has 3 N–H and O–H groups in total. The maximum atomic E-state index is 12.3. The molecule has 0 aliphatic heterocycles. The average molecular weight is 254 g/mol. The highest BCUT2D eigenvalue weighted by molar-refractivity contribution is 6.05. The summed E-state index contributed by atoms with van der Waals surface area (Å²) in [7, 11) is 0. The van der Waals surface area contributed by atoms with Crippen LogP contribution in [0.5, 0.6) is 0 Å². The third-order valence-corrected chi connectivity index (χ3v) is 3.99. The molecule has 0 spiro atoms. The molecule has 98 valence electrons. The van der Waals surface area contributed by atoms with Crippen LogP contribution in [0.4, 0.5) is 5.69 Å². The Bertz CT molecular complexity index is 610. The van der Waals surface area contributed by atoms with Crippen LogP contribution in [0.25, 0.3) is 10.8 Å². The summed E-state index contributed by atoms with van der Waals surface area (Å²) in [6.07, 6.45) is 3.64. The second-order valence-corrected chi connectivity index (χ2v) is 5.34. The van der Waals surface area contributed by atoms with Gasteiger partial charge in [0.15, 0.2) is 0 Å². The fourth-order valence-corrected chi connectivity index (χ4v) is 2.81. The summed E-state index contributed by atoms with van der Waals surface area (Å²) < 4.78 is 0. The van der Waals surface area contributed by atoms with Crippen molar-refractivity contribution in [3.63, 3.8) is 0 Å². The van der Waals surface area contributed by atoms with E-state index in [0.717, 1.165) is 42.1 Å². The van der Waals surface area contributed by atoms with E-state index < -0.39 is 5.54 Å². The van der Waals surface area contributed by atoms with Crippen molar-refractivity contribution < 1.29 is 4.79 Å². The Balaban J connectivity index is 1.91. The fraction of sp³-hybridized carbons (Fsp3) is 0.312. The molecule has 2 aromatic rings. The molecule has 1 aliphatic rings. The predicted octanol–water partition coefficient (Wildman–Crippen LogP) is 3.05. The largest absolute Gasteiger partial charge is 0.324 e. The van der Waals surface area contributed by atoms with E-state index in [9.17, 15) is 4.79 Å². The van der Waals surface area contributed by atoms with Crippen LogP contribution in [0.15, 0.2) is 42.5 Å². The first-order valence-electron chi connectivity index (χ1n) is 6.77. The Morgan fingerprint density at radius 1 is 1.05 bits per heavy atom. The molecule has 19 heavy (non-hydrogen) atoms. The van der Waals surface area contributed by atoms with Crippen LogP contribution in [0.2, 0.25) is 0 Å². The molecule has 3 heteroatoms. The van der Waals surface area contributed by atoms with Crippen LogP contribution in [-0.2, 0) is 4.79 Å². The van der Waals surface area contributed by atoms with E-state index in [1.165, 1.54) is 0 Å². The fourth-order valence-electron chi connectivity index (χ4n) is 2.81. The third kappa shape index (κ3) is 2.22. The first-order valence-corrected chi connectivity index (χ1v) is 6.77. The first-order chi connectivity index (χ1) is 9.19. The monoisotopic (exact) mass is 254 g/mol. The number of rotatable bonds is 2. The smallest absolute Gasteiger partial charge is 0.244 e. The van der Waals surface area contributed by atoms with Crippen LogP contribution in [0.1, 0.15) is 25.7 Å². The van der Waals surface area contributed by atoms with Gasteiger partial charge in [-0.15, -0.1) is 0 Å². The van der Waals surface area contributed by atoms with Gasteiger partial charge in [-0.2, -0.15) is 0 Å². The lowest BCUT2D eigenvalue weighted by molar-refractivity contribution is -0.120. The second kappa shape index (κ2) is 4.67. The lowest BCUT2D eigenvalue weighted by Crippen LogP contribution is -2.48. The standard InChI is InChI=1S/C16H18N2O/c17-16(10-3-4-11-16)15(19)18-14-9-5-7-12-6-1-2-8-13(12)14/h1-2,5-9H,3-4,10-11,17H2,(H,18,19). The molecule has 0 aromatic heterocycles. The number of nitrogens with two attached hydrogens (primary N) is 1. The van der Waals surface area contributed by atoms with Gasteiger partial charge in [0.25, 0.3) is 0 Å². The number of hydrogen-bond donors (Lipinski definition) is 2. The van der Waals surface area contributed by atoms with Gasteiger partial charge in [-0.3, -0.25) is 4.79 Å². The van der Waals surface area contributed by atoms with E-state index in [4.69, 9.17) is 5.73 Å². The first kappa shape index (κ1) is 12.2. The van der Waals surface area contributed by atoms with Crippen LogP contribution in [0.3, 0.4) is 0 Å². The molecule has 1 fully saturated rings. The molecule has 0 radical (unpaired) electrons. The Hall–Kier alpha value is -1.87. The minimum absolute atomic E-state index is 0.0543. The van der Waals surface area contributed by atoms with Gasteiger partial charge in [-0.25, -0.2) is 0 Å². The molecular formula is C16H18N2O. The number of benzene rings is 2. The number of amides is 1. The molecule has 0 unspecified atom stereocenters. The molecule has 1 amide bonds. The summed E-state index contributed by atoms with van der Waals surface area (Å²) in [4.78, 5) is 12.3. The van der Waals surface area contributed by atoms with Crippen molar-refractivity contribution in [2.24, 2.45) is 5.73 Å². The number of anilines is 1. The Morgan fingerprint density at radius 2 is 1.74 bits per heavy atom. The Morgan fingerprint density at radius 3 is 2.53 bits per heavy atom. The topological polar surface area (TPSA) is 55.1 Å². The highest BCUT2D eigenvalue weighted by Gasteiger charge is 2.37. The van der Waals surface area contributed by atoms with Crippen molar-refractivity contribution in [1.82, 2.24) is 0 Å². The molecule has 1 aliphatic carbocycles. The van der Waals surface area contributed by atoms with Gasteiger partial charge in [-0.1, -0.05) is 49.2 Å². The van der Waals surface area contributed by atoms with Crippen molar-refractivity contribution in [1.29, 1.82) is 0 Å². The Labute approximate surface area is 112 Å². The lowest BCUT2D eigenvalue weighted by atomic mass is 9.97. The van der Waals surface area contributed by atoms with Crippen molar-refractivity contribution >= 4 is 22.4 Å². The zero-order valence-corrected chi connectivity index (χ0v) is 10.9. The molecular weight excluding hydrogens is 236 g/mol. The maximum absolute atomic E-state index is 12.3. The molecule has 1 saturated carbocycles. The maximum Gasteiger partial charge on any atom is 0.244 e. The van der Waals surface area contributed by atoms with Crippen molar-refractivity contribution in [2.45, 2.75) is 31.2 Å². The highest BCUT2D eigenvalue weighted by atomic mass is 16.2. The number of hydrogen-bond acceptors (Lipinski definition) is 2. The highest BCUT2D eigenvalue weighted by Crippen LogP contribution is 2.30. The zero-order chi connectivity index (χ0) is 13.3. The van der Waals surface area contributed by atoms with E-state index in [1.54, 1.807) is 0 Å². The van der Waals surface area contributed by atoms with Gasteiger partial charge in [0.2, 0.25) is 5.91 Å². The summed E-state index contributed by atoms with van der Waals surface area (Å²) >= 11 is 0. The van der Waals surface area contributed by atoms with Gasteiger partial charge in [-0.05, 0) is 24.3 Å². The van der Waals surface area contributed by atoms with Crippen LogP contribution < -0.4 is 11.1 Å². The SMILES string of the molecule is NC1(C(=O)Nc2cccc3ccccc23)CCCC1. The molecule has 0 saturated heterocycles. The molecule has 3 nitrogen and oxygen atoms in total. The summed E-state index contributed by atoms with van der Waals surface area (Å²) in [5.74, 6) is -0.0543. The van der Waals surface area contributed by atoms with Crippen LogP contribution in [-0.4, -0.2) is 11.4 Å². The van der Waals surface area contributed by atoms with E-state index >= 15 is 0 Å².